The highest BCUT2D eigenvalue weighted by molar-refractivity contribution is 8.16. The van der Waals surface area contributed by atoms with Crippen molar-refractivity contribution in [2.24, 2.45) is 0 Å². The van der Waals surface area contributed by atoms with Crippen LogP contribution in [-0.4, -0.2) is 34.5 Å². The van der Waals surface area contributed by atoms with E-state index in [-0.39, 0.29) is 21.4 Å². The zero-order valence-corrected chi connectivity index (χ0v) is 18.9. The molecule has 1 amide bonds. The van der Waals surface area contributed by atoms with Crippen LogP contribution < -0.4 is 0 Å². The molecule has 2 aromatic carbocycles. The van der Waals surface area contributed by atoms with Crippen LogP contribution in [0, 0.1) is 6.92 Å². The summed E-state index contributed by atoms with van der Waals surface area (Å²) in [6, 6.07) is 15.7. The minimum atomic E-state index is -1.14. The van der Waals surface area contributed by atoms with Crippen LogP contribution in [0.3, 0.4) is 0 Å². The minimum Gasteiger partial charge on any atom is -0.478 e. The smallest absolute Gasteiger partial charge is 0.337 e. The largest absolute Gasteiger partial charge is 0.478 e. The molecule has 8 heteroatoms. The lowest BCUT2D eigenvalue weighted by atomic mass is 10.1. The molecule has 32 heavy (non-hydrogen) atoms. The number of carboxylic acids is 1. The molecule has 6 nitrogen and oxygen atoms in total. The molecule has 0 fully saturated rings. The minimum absolute atomic E-state index is 0.0391. The topological polar surface area (TPSA) is 87.8 Å². The number of furan rings is 1. The molecule has 0 aliphatic heterocycles. The monoisotopic (exact) mass is 469 g/mol. The van der Waals surface area contributed by atoms with Crippen LogP contribution in [-0.2, 0) is 16.1 Å². The van der Waals surface area contributed by atoms with Gasteiger partial charge < -0.3 is 14.4 Å². The first-order chi connectivity index (χ1) is 15.3. The van der Waals surface area contributed by atoms with Crippen LogP contribution in [0.2, 0.25) is 5.02 Å². The normalized spacial score (nSPS) is 11.3. The van der Waals surface area contributed by atoms with Crippen LogP contribution >= 0.6 is 23.4 Å². The summed E-state index contributed by atoms with van der Waals surface area (Å²) in [6.45, 7) is 2.38. The zero-order valence-electron chi connectivity index (χ0n) is 17.4. The molecule has 1 heterocycles. The van der Waals surface area contributed by atoms with Crippen molar-refractivity contribution in [2.45, 2.75) is 13.5 Å². The van der Waals surface area contributed by atoms with Crippen LogP contribution in [0.1, 0.15) is 27.2 Å². The van der Waals surface area contributed by atoms with E-state index in [2.05, 4.69) is 0 Å². The number of benzene rings is 2. The first kappa shape index (κ1) is 23.4. The van der Waals surface area contributed by atoms with Gasteiger partial charge in [-0.3, -0.25) is 9.59 Å². The molecule has 1 aromatic heterocycles. The molecule has 0 unspecified atom stereocenters. The van der Waals surface area contributed by atoms with E-state index >= 15 is 0 Å². The second-order valence-electron chi connectivity index (χ2n) is 7.07. The van der Waals surface area contributed by atoms with Crippen molar-refractivity contribution >= 4 is 46.9 Å². The van der Waals surface area contributed by atoms with E-state index in [0.717, 1.165) is 22.9 Å². The summed E-state index contributed by atoms with van der Waals surface area (Å²) in [4.78, 5) is 37.1. The number of rotatable bonds is 8. The number of carbonyl (C=O) groups is 3. The molecule has 3 rings (SSSR count). The van der Waals surface area contributed by atoms with Crippen molar-refractivity contribution in [3.8, 4) is 11.3 Å². The van der Waals surface area contributed by atoms with Gasteiger partial charge >= 0.3 is 5.97 Å². The van der Waals surface area contributed by atoms with E-state index in [1.807, 2.05) is 31.2 Å². The molecular weight excluding hydrogens is 450 g/mol. The predicted molar refractivity (Wildman–Crippen MR) is 126 cm³/mol. The summed E-state index contributed by atoms with van der Waals surface area (Å²) in [6.07, 6.45) is 1.49. The Morgan fingerprint density at radius 1 is 1.12 bits per heavy atom. The maximum Gasteiger partial charge on any atom is 0.337 e. The fourth-order valence-corrected chi connectivity index (χ4v) is 3.73. The van der Waals surface area contributed by atoms with E-state index in [4.69, 9.17) is 16.0 Å². The SMILES string of the molecule is Cc1ccc(CN(C)C(=O)/C(=C/c2ccc(-c3ccc(Cl)c(C(=O)O)c3)o2)SC=O)cc1. The molecule has 0 spiro atoms. The Hall–Kier alpha value is -3.29. The second kappa shape index (κ2) is 10.3. The lowest BCUT2D eigenvalue weighted by Gasteiger charge is -2.18. The molecule has 0 saturated heterocycles. The Labute approximate surface area is 194 Å². The van der Waals surface area contributed by atoms with Crippen molar-refractivity contribution < 1.29 is 23.9 Å². The first-order valence-electron chi connectivity index (χ1n) is 9.54. The Balaban J connectivity index is 1.83. The number of aryl methyl sites for hydroxylation is 1. The molecule has 1 N–H and O–H groups in total. The molecule has 0 saturated carbocycles. The maximum atomic E-state index is 12.9. The summed E-state index contributed by atoms with van der Waals surface area (Å²) in [5.74, 6) is -0.699. The number of hydrogen-bond acceptors (Lipinski definition) is 5. The van der Waals surface area contributed by atoms with Crippen molar-refractivity contribution in [1.29, 1.82) is 0 Å². The Morgan fingerprint density at radius 2 is 1.84 bits per heavy atom. The number of likely N-dealkylation sites (N-methyl/N-ethyl adjacent to an activating group) is 1. The summed E-state index contributed by atoms with van der Waals surface area (Å²) in [7, 11) is 1.66. The number of carbonyl (C=O) groups excluding carboxylic acids is 2. The fourth-order valence-electron chi connectivity index (χ4n) is 2.98. The number of hydrogen-bond donors (Lipinski definition) is 1. The number of aromatic carboxylic acids is 1. The lowest BCUT2D eigenvalue weighted by molar-refractivity contribution is -0.125. The first-order valence-corrected chi connectivity index (χ1v) is 10.8. The van der Waals surface area contributed by atoms with Gasteiger partial charge in [-0.1, -0.05) is 41.4 Å². The third kappa shape index (κ3) is 5.69. The molecule has 0 bridgehead atoms. The third-order valence-corrected chi connectivity index (χ3v) is 5.63. The number of carboxylic acid groups (broad SMARTS) is 1. The number of halogens is 1. The highest BCUT2D eigenvalue weighted by Crippen LogP contribution is 2.29. The van der Waals surface area contributed by atoms with E-state index in [9.17, 15) is 19.5 Å². The molecule has 164 valence electrons. The van der Waals surface area contributed by atoms with Crippen LogP contribution in [0.5, 0.6) is 0 Å². The lowest BCUT2D eigenvalue weighted by Crippen LogP contribution is -2.26. The van der Waals surface area contributed by atoms with Crippen LogP contribution in [0.4, 0.5) is 0 Å². The van der Waals surface area contributed by atoms with Gasteiger partial charge in [-0.2, -0.15) is 0 Å². The average Bonchev–Trinajstić information content (AvgIpc) is 3.23. The van der Waals surface area contributed by atoms with Gasteiger partial charge in [0.15, 0.2) is 5.62 Å². The summed E-state index contributed by atoms with van der Waals surface area (Å²) < 4.78 is 5.77. The highest BCUT2D eigenvalue weighted by atomic mass is 35.5. The van der Waals surface area contributed by atoms with Gasteiger partial charge in [0.25, 0.3) is 5.91 Å². The second-order valence-corrected chi connectivity index (χ2v) is 8.35. The summed E-state index contributed by atoms with van der Waals surface area (Å²) in [5.41, 5.74) is 3.18. The average molecular weight is 470 g/mol. The Kier molecular flexibility index (Phi) is 7.56. The zero-order chi connectivity index (χ0) is 23.3. The molecule has 0 atom stereocenters. The maximum absolute atomic E-state index is 12.9. The van der Waals surface area contributed by atoms with Gasteiger partial charge in [-0.05, 0) is 54.6 Å². The molecule has 0 radical (unpaired) electrons. The number of amides is 1. The van der Waals surface area contributed by atoms with Crippen LogP contribution in [0.25, 0.3) is 17.4 Å². The third-order valence-electron chi connectivity index (χ3n) is 4.65. The van der Waals surface area contributed by atoms with Gasteiger partial charge in [0, 0.05) is 25.2 Å². The van der Waals surface area contributed by atoms with Crippen molar-refractivity contribution in [2.75, 3.05) is 7.05 Å². The predicted octanol–water partition coefficient (Wildman–Crippen LogP) is 5.53. The van der Waals surface area contributed by atoms with Crippen molar-refractivity contribution in [3.05, 3.63) is 87.0 Å². The molecule has 3 aromatic rings. The number of nitrogens with zero attached hydrogens (tertiary/aromatic N) is 1. The van der Waals surface area contributed by atoms with E-state index in [1.165, 1.54) is 23.1 Å². The standard InChI is InChI=1S/C24H20ClNO5S/c1-15-3-5-16(6-4-15)13-26(2)23(28)22(32-14-27)12-18-8-10-21(31-18)17-7-9-20(25)19(11-17)24(29)30/h3-12,14H,13H2,1-2H3,(H,29,30)/b22-12-. The Morgan fingerprint density at radius 3 is 2.50 bits per heavy atom. The van der Waals surface area contributed by atoms with Gasteiger partial charge in [0.1, 0.15) is 11.5 Å². The van der Waals surface area contributed by atoms with E-state index in [1.54, 1.807) is 25.2 Å². The molecular formula is C24H20ClNO5S. The van der Waals surface area contributed by atoms with Crippen LogP contribution in [0.15, 0.2) is 63.9 Å². The fraction of sp³-hybridized carbons (Fsp3) is 0.125. The van der Waals surface area contributed by atoms with E-state index in [0.29, 0.717) is 29.2 Å². The Bertz CT molecular complexity index is 1180. The van der Waals surface area contributed by atoms with Crippen molar-refractivity contribution in [1.82, 2.24) is 4.90 Å². The van der Waals surface area contributed by atoms with Gasteiger partial charge in [-0.15, -0.1) is 0 Å². The molecule has 0 aliphatic rings. The van der Waals surface area contributed by atoms with Gasteiger partial charge in [0.2, 0.25) is 0 Å². The van der Waals surface area contributed by atoms with Gasteiger partial charge in [-0.25, -0.2) is 4.79 Å². The number of thioether (sulfide) groups is 1. The molecule has 0 aliphatic carbocycles. The van der Waals surface area contributed by atoms with Crippen molar-refractivity contribution in [3.63, 3.8) is 0 Å². The summed E-state index contributed by atoms with van der Waals surface area (Å²) in [5, 5.41) is 9.37. The highest BCUT2D eigenvalue weighted by Gasteiger charge is 2.17. The quantitative estimate of drug-likeness (QED) is 0.344. The summed E-state index contributed by atoms with van der Waals surface area (Å²) >= 11 is 6.69. The van der Waals surface area contributed by atoms with Gasteiger partial charge in [0.05, 0.1) is 15.5 Å². The van der Waals surface area contributed by atoms with E-state index < -0.39 is 5.97 Å².